The molecule has 1 atom stereocenters. The number of amides is 1. The number of benzene rings is 2. The summed E-state index contributed by atoms with van der Waals surface area (Å²) in [6.45, 7) is 1.78. The van der Waals surface area contributed by atoms with Gasteiger partial charge in [-0.3, -0.25) is 4.79 Å². The number of hydrogen-bond acceptors (Lipinski definition) is 4. The number of carbonyl (C=O) groups is 2. The second-order valence-electron chi connectivity index (χ2n) is 6.16. The number of ether oxygens (including phenoxy) is 1. The maximum absolute atomic E-state index is 12.8. The minimum absolute atomic E-state index is 0.0634. The van der Waals surface area contributed by atoms with E-state index in [4.69, 9.17) is 33.0 Å². The Morgan fingerprint density at radius 2 is 1.79 bits per heavy atom. The fourth-order valence-electron chi connectivity index (χ4n) is 2.57. The van der Waals surface area contributed by atoms with Crippen LogP contribution in [-0.2, 0) is 0 Å². The van der Waals surface area contributed by atoms with Gasteiger partial charge in [0.25, 0.3) is 5.91 Å². The second-order valence-corrected chi connectivity index (χ2v) is 7.00. The van der Waals surface area contributed by atoms with Crippen molar-refractivity contribution in [1.82, 2.24) is 10.3 Å². The van der Waals surface area contributed by atoms with E-state index in [-0.39, 0.29) is 22.0 Å². The van der Waals surface area contributed by atoms with E-state index in [0.717, 1.165) is 5.56 Å². The third kappa shape index (κ3) is 5.04. The Bertz CT molecular complexity index is 1050. The highest BCUT2D eigenvalue weighted by Gasteiger charge is 2.19. The number of pyridine rings is 1. The molecule has 0 saturated heterocycles. The Labute approximate surface area is 177 Å². The molecule has 1 heterocycles. The summed E-state index contributed by atoms with van der Waals surface area (Å²) in [7, 11) is 0. The fraction of sp³-hybridized carbons (Fsp3) is 0.0952. The summed E-state index contributed by atoms with van der Waals surface area (Å²) in [6.07, 6.45) is 1.37. The molecule has 0 fully saturated rings. The third-order valence-corrected chi connectivity index (χ3v) is 4.63. The first kappa shape index (κ1) is 20.6. The number of nitrogens with zero attached hydrogens (tertiary/aromatic N) is 1. The number of carbonyl (C=O) groups excluding carboxylic acids is 1. The van der Waals surface area contributed by atoms with E-state index in [9.17, 15) is 9.59 Å². The number of carboxylic acids is 1. The van der Waals surface area contributed by atoms with Crippen LogP contribution in [0.5, 0.6) is 11.6 Å². The highest BCUT2D eigenvalue weighted by atomic mass is 35.5. The molecule has 1 amide bonds. The van der Waals surface area contributed by atoms with Crippen LogP contribution in [0.4, 0.5) is 0 Å². The zero-order chi connectivity index (χ0) is 21.0. The molecule has 148 valence electrons. The molecule has 0 unspecified atom stereocenters. The summed E-state index contributed by atoms with van der Waals surface area (Å²) in [4.78, 5) is 27.9. The normalized spacial score (nSPS) is 11.6. The smallest absolute Gasteiger partial charge is 0.335 e. The molecule has 1 aromatic heterocycles. The lowest BCUT2D eigenvalue weighted by Gasteiger charge is -2.16. The van der Waals surface area contributed by atoms with Crippen molar-refractivity contribution in [3.05, 3.63) is 87.5 Å². The largest absolute Gasteiger partial charge is 0.478 e. The first-order valence-corrected chi connectivity index (χ1v) is 9.33. The summed E-state index contributed by atoms with van der Waals surface area (Å²) < 4.78 is 5.72. The lowest BCUT2D eigenvalue weighted by Crippen LogP contribution is -2.27. The fourth-order valence-corrected chi connectivity index (χ4v) is 2.91. The van der Waals surface area contributed by atoms with Gasteiger partial charge in [0.1, 0.15) is 11.3 Å². The van der Waals surface area contributed by atoms with Gasteiger partial charge in [0.2, 0.25) is 5.88 Å². The van der Waals surface area contributed by atoms with E-state index < -0.39 is 17.9 Å². The molecule has 2 aromatic carbocycles. The number of aromatic carboxylic acids is 1. The first-order valence-electron chi connectivity index (χ1n) is 8.57. The Kier molecular flexibility index (Phi) is 6.36. The van der Waals surface area contributed by atoms with Crippen molar-refractivity contribution >= 4 is 35.1 Å². The van der Waals surface area contributed by atoms with Crippen LogP contribution in [0.3, 0.4) is 0 Å². The van der Waals surface area contributed by atoms with E-state index in [2.05, 4.69) is 10.3 Å². The van der Waals surface area contributed by atoms with Gasteiger partial charge in [-0.15, -0.1) is 0 Å². The van der Waals surface area contributed by atoms with E-state index in [1.807, 2.05) is 0 Å². The van der Waals surface area contributed by atoms with Crippen LogP contribution >= 0.6 is 23.2 Å². The van der Waals surface area contributed by atoms with Gasteiger partial charge in [0, 0.05) is 6.20 Å². The number of carboxylic acid groups (broad SMARTS) is 1. The quantitative estimate of drug-likeness (QED) is 0.548. The van der Waals surface area contributed by atoms with Gasteiger partial charge in [-0.05, 0) is 42.8 Å². The summed E-state index contributed by atoms with van der Waals surface area (Å²) >= 11 is 12.1. The van der Waals surface area contributed by atoms with E-state index >= 15 is 0 Å². The van der Waals surface area contributed by atoms with Crippen molar-refractivity contribution in [2.24, 2.45) is 0 Å². The molecule has 2 N–H and O–H groups in total. The van der Waals surface area contributed by atoms with Crippen molar-refractivity contribution in [2.75, 3.05) is 0 Å². The maximum atomic E-state index is 12.8. The topological polar surface area (TPSA) is 88.5 Å². The number of halogens is 2. The molecule has 0 spiro atoms. The SMILES string of the molecule is C[C@H](NC(=O)c1cc(Cl)cnc1Oc1ccccc1Cl)c1ccc(C(=O)O)cc1. The molecule has 0 aliphatic carbocycles. The molecular formula is C21H16Cl2N2O4. The summed E-state index contributed by atoms with van der Waals surface area (Å²) in [5.41, 5.74) is 1.06. The predicted molar refractivity (Wildman–Crippen MR) is 110 cm³/mol. The van der Waals surface area contributed by atoms with Gasteiger partial charge < -0.3 is 15.2 Å². The predicted octanol–water partition coefficient (Wildman–Crippen LogP) is 5.37. The first-order chi connectivity index (χ1) is 13.8. The lowest BCUT2D eigenvalue weighted by molar-refractivity contribution is 0.0696. The number of nitrogens with one attached hydrogen (secondary N) is 1. The standard InChI is InChI=1S/C21H16Cl2N2O4/c1-12(13-6-8-14(9-7-13)21(27)28)25-19(26)16-10-15(22)11-24-20(16)29-18-5-3-2-4-17(18)23/h2-12H,1H3,(H,25,26)(H,27,28)/t12-/m0/s1. The molecule has 3 rings (SSSR count). The molecule has 0 aliphatic rings. The van der Waals surface area contributed by atoms with Crippen LogP contribution in [0.25, 0.3) is 0 Å². The highest BCUT2D eigenvalue weighted by Crippen LogP contribution is 2.31. The molecule has 0 radical (unpaired) electrons. The molecule has 0 aliphatic heterocycles. The Hall–Kier alpha value is -3.09. The molecule has 29 heavy (non-hydrogen) atoms. The van der Waals surface area contributed by atoms with Gasteiger partial charge in [-0.25, -0.2) is 9.78 Å². The number of hydrogen-bond donors (Lipinski definition) is 2. The maximum Gasteiger partial charge on any atom is 0.335 e. The van der Waals surface area contributed by atoms with Crippen molar-refractivity contribution in [2.45, 2.75) is 13.0 Å². The molecule has 6 nitrogen and oxygen atoms in total. The average Bonchev–Trinajstić information content (AvgIpc) is 2.70. The monoisotopic (exact) mass is 430 g/mol. The zero-order valence-corrected chi connectivity index (χ0v) is 16.7. The molecule has 3 aromatic rings. The van der Waals surface area contributed by atoms with Crippen molar-refractivity contribution in [3.8, 4) is 11.6 Å². The second kappa shape index (κ2) is 8.94. The van der Waals surface area contributed by atoms with Crippen LogP contribution in [0.1, 0.15) is 39.2 Å². The number of para-hydroxylation sites is 1. The van der Waals surface area contributed by atoms with Crippen molar-refractivity contribution in [3.63, 3.8) is 0 Å². The molecule has 8 heteroatoms. The van der Waals surface area contributed by atoms with Gasteiger partial charge in [0.05, 0.1) is 21.7 Å². The van der Waals surface area contributed by atoms with Gasteiger partial charge >= 0.3 is 5.97 Å². The third-order valence-electron chi connectivity index (χ3n) is 4.11. The van der Waals surface area contributed by atoms with Gasteiger partial charge in [-0.1, -0.05) is 47.5 Å². The average molecular weight is 431 g/mol. The summed E-state index contributed by atoms with van der Waals surface area (Å²) in [5.74, 6) is -1.04. The van der Waals surface area contributed by atoms with Crippen LogP contribution in [0, 0.1) is 0 Å². The Morgan fingerprint density at radius 1 is 1.10 bits per heavy atom. The van der Waals surface area contributed by atoms with Crippen molar-refractivity contribution < 1.29 is 19.4 Å². The highest BCUT2D eigenvalue weighted by molar-refractivity contribution is 6.32. The Balaban J connectivity index is 1.82. The minimum atomic E-state index is -1.01. The van der Waals surface area contributed by atoms with Gasteiger partial charge in [0.15, 0.2) is 0 Å². The number of rotatable bonds is 6. The van der Waals surface area contributed by atoms with Gasteiger partial charge in [-0.2, -0.15) is 0 Å². The van der Waals surface area contributed by atoms with Crippen molar-refractivity contribution in [1.29, 1.82) is 0 Å². The molecule has 0 bridgehead atoms. The van der Waals surface area contributed by atoms with Crippen LogP contribution in [0.2, 0.25) is 10.0 Å². The zero-order valence-electron chi connectivity index (χ0n) is 15.2. The molecular weight excluding hydrogens is 415 g/mol. The van der Waals surface area contributed by atoms with E-state index in [1.54, 1.807) is 43.3 Å². The van der Waals surface area contributed by atoms with Crippen LogP contribution in [-0.4, -0.2) is 22.0 Å². The van der Waals surface area contributed by atoms with E-state index in [0.29, 0.717) is 10.8 Å². The lowest BCUT2D eigenvalue weighted by atomic mass is 10.1. The summed E-state index contributed by atoms with van der Waals surface area (Å²) in [5, 5.41) is 12.5. The molecule has 0 saturated carbocycles. The Morgan fingerprint density at radius 3 is 2.45 bits per heavy atom. The van der Waals surface area contributed by atoms with E-state index in [1.165, 1.54) is 24.4 Å². The van der Waals surface area contributed by atoms with Crippen LogP contribution < -0.4 is 10.1 Å². The minimum Gasteiger partial charge on any atom is -0.478 e. The summed E-state index contributed by atoms with van der Waals surface area (Å²) in [6, 6.07) is 14.1. The number of aromatic nitrogens is 1. The van der Waals surface area contributed by atoms with Crippen LogP contribution in [0.15, 0.2) is 60.8 Å².